The van der Waals surface area contributed by atoms with Gasteiger partial charge in [0, 0.05) is 44.3 Å². The van der Waals surface area contributed by atoms with Crippen molar-refractivity contribution in [2.24, 2.45) is 11.8 Å². The van der Waals surface area contributed by atoms with E-state index in [0.717, 1.165) is 62.9 Å². The highest BCUT2D eigenvalue weighted by molar-refractivity contribution is 5.94. The number of fused-ring (bicyclic) bond motifs is 2. The lowest BCUT2D eigenvalue weighted by Crippen LogP contribution is -2.47. The van der Waals surface area contributed by atoms with Crippen molar-refractivity contribution < 1.29 is 9.53 Å². The van der Waals surface area contributed by atoms with Gasteiger partial charge in [0.05, 0.1) is 23.2 Å². The summed E-state index contributed by atoms with van der Waals surface area (Å²) in [5, 5.41) is 3.12. The third kappa shape index (κ3) is 4.59. The van der Waals surface area contributed by atoms with Crippen LogP contribution in [0.15, 0.2) is 36.4 Å². The third-order valence-corrected chi connectivity index (χ3v) is 9.01. The quantitative estimate of drug-likeness (QED) is 0.484. The smallest absolute Gasteiger partial charge is 0.227 e. The fourth-order valence-corrected chi connectivity index (χ4v) is 6.74. The number of piperidine rings is 1. The van der Waals surface area contributed by atoms with Crippen molar-refractivity contribution in [2.45, 2.75) is 69.9 Å². The van der Waals surface area contributed by atoms with Gasteiger partial charge in [-0.25, -0.2) is 4.98 Å². The van der Waals surface area contributed by atoms with Crippen LogP contribution in [0.5, 0.6) is 0 Å². The summed E-state index contributed by atoms with van der Waals surface area (Å²) in [5.74, 6) is 2.93. The minimum absolute atomic E-state index is 0.165. The number of imidazole rings is 1. The number of carbonyl (C=O) groups excluding carboxylic acids is 1. The molecule has 6 heteroatoms. The third-order valence-electron chi connectivity index (χ3n) is 9.01. The summed E-state index contributed by atoms with van der Waals surface area (Å²) >= 11 is 0. The predicted molar refractivity (Wildman–Crippen MR) is 146 cm³/mol. The zero-order chi connectivity index (χ0) is 25.1. The van der Waals surface area contributed by atoms with Gasteiger partial charge in [0.25, 0.3) is 0 Å². The molecule has 6 nitrogen and oxygen atoms in total. The van der Waals surface area contributed by atoms with Gasteiger partial charge in [-0.3, -0.25) is 4.79 Å². The molecular formula is C31H38N4O2. The predicted octanol–water partition coefficient (Wildman–Crippen LogP) is 5.25. The average Bonchev–Trinajstić information content (AvgIpc) is 3.82. The summed E-state index contributed by atoms with van der Waals surface area (Å²) in [6.45, 7) is 5.31. The monoisotopic (exact) mass is 498 g/mol. The molecule has 3 atom stereocenters. The number of nitrogens with zero attached hydrogens (tertiary/aromatic N) is 3. The highest BCUT2D eigenvalue weighted by atomic mass is 16.5. The van der Waals surface area contributed by atoms with E-state index in [2.05, 4.69) is 58.1 Å². The minimum Gasteiger partial charge on any atom is -0.378 e. The highest BCUT2D eigenvalue weighted by Gasteiger charge is 2.38. The lowest BCUT2D eigenvalue weighted by atomic mass is 9.98. The van der Waals surface area contributed by atoms with Gasteiger partial charge in [-0.1, -0.05) is 12.1 Å². The molecule has 37 heavy (non-hydrogen) atoms. The molecule has 7 rings (SSSR count). The van der Waals surface area contributed by atoms with E-state index in [-0.39, 0.29) is 17.9 Å². The van der Waals surface area contributed by atoms with Gasteiger partial charge in [-0.05, 0) is 98.7 Å². The number of nitrogens with one attached hydrogen (secondary N) is 1. The fourth-order valence-electron chi connectivity index (χ4n) is 6.74. The molecule has 0 bridgehead atoms. The molecule has 1 aliphatic heterocycles. The van der Waals surface area contributed by atoms with Crippen LogP contribution in [-0.4, -0.2) is 53.2 Å². The Morgan fingerprint density at radius 1 is 1.05 bits per heavy atom. The Balaban J connectivity index is 1.03. The number of hydrogen-bond acceptors (Lipinski definition) is 4. The zero-order valence-corrected chi connectivity index (χ0v) is 22.1. The summed E-state index contributed by atoms with van der Waals surface area (Å²) < 4.78 is 8.70. The van der Waals surface area contributed by atoms with Crippen LogP contribution in [0.2, 0.25) is 0 Å². The molecule has 2 heterocycles. The Kier molecular flexibility index (Phi) is 5.85. The van der Waals surface area contributed by atoms with Crippen LogP contribution in [-0.2, 0) is 22.4 Å². The van der Waals surface area contributed by atoms with Crippen LogP contribution in [0.1, 0.15) is 66.6 Å². The van der Waals surface area contributed by atoms with Gasteiger partial charge in [-0.15, -0.1) is 0 Å². The maximum absolute atomic E-state index is 12.2. The van der Waals surface area contributed by atoms with Gasteiger partial charge in [0.15, 0.2) is 0 Å². The molecule has 1 amide bonds. The molecule has 1 N–H and O–H groups in total. The van der Waals surface area contributed by atoms with Gasteiger partial charge < -0.3 is 19.5 Å². The molecule has 0 spiro atoms. The Labute approximate surface area is 219 Å². The summed E-state index contributed by atoms with van der Waals surface area (Å²) in [4.78, 5) is 19.9. The van der Waals surface area contributed by atoms with Gasteiger partial charge >= 0.3 is 0 Å². The SMILES string of the molecule is CO[C@H]1CN(C[C@@H]2Cc3ccc(NC(=O)C4CC4)cc3C2)CC[C@H]1n1c(C2CC2)nc2cc(C)ccc21. The Bertz CT molecular complexity index is 1340. The van der Waals surface area contributed by atoms with E-state index >= 15 is 0 Å². The molecule has 2 saturated carbocycles. The second-order valence-corrected chi connectivity index (χ2v) is 12.0. The number of ether oxygens (including phenoxy) is 1. The molecule has 2 aromatic carbocycles. The second-order valence-electron chi connectivity index (χ2n) is 12.0. The van der Waals surface area contributed by atoms with E-state index in [9.17, 15) is 4.79 Å². The number of aryl methyl sites for hydroxylation is 1. The topological polar surface area (TPSA) is 59.4 Å². The lowest BCUT2D eigenvalue weighted by Gasteiger charge is -2.40. The molecule has 0 radical (unpaired) electrons. The van der Waals surface area contributed by atoms with E-state index in [4.69, 9.17) is 9.72 Å². The van der Waals surface area contributed by atoms with E-state index in [1.54, 1.807) is 0 Å². The first-order valence-electron chi connectivity index (χ1n) is 14.2. The summed E-state index contributed by atoms with van der Waals surface area (Å²) in [7, 11) is 1.88. The number of methoxy groups -OCH3 is 1. The Morgan fingerprint density at radius 2 is 1.89 bits per heavy atom. The summed E-state index contributed by atoms with van der Waals surface area (Å²) in [5.41, 5.74) is 7.49. The number of anilines is 1. The minimum atomic E-state index is 0.165. The summed E-state index contributed by atoms with van der Waals surface area (Å²) in [6, 6.07) is 13.6. The Hall–Kier alpha value is -2.70. The largest absolute Gasteiger partial charge is 0.378 e. The number of carbonyl (C=O) groups is 1. The van der Waals surface area contributed by atoms with Gasteiger partial charge in [-0.2, -0.15) is 0 Å². The van der Waals surface area contributed by atoms with Gasteiger partial charge in [0.2, 0.25) is 5.91 Å². The molecular weight excluding hydrogens is 460 g/mol. The fraction of sp³-hybridized carbons (Fsp3) is 0.548. The number of likely N-dealkylation sites (tertiary alicyclic amines) is 1. The van der Waals surface area contributed by atoms with Crippen LogP contribution >= 0.6 is 0 Å². The molecule has 3 aromatic rings. The number of aromatic nitrogens is 2. The first kappa shape index (κ1) is 23.4. The van der Waals surface area contributed by atoms with E-state index in [1.807, 2.05) is 7.11 Å². The van der Waals surface area contributed by atoms with Crippen LogP contribution in [0, 0.1) is 18.8 Å². The maximum Gasteiger partial charge on any atom is 0.227 e. The van der Waals surface area contributed by atoms with Crippen LogP contribution in [0.25, 0.3) is 11.0 Å². The highest BCUT2D eigenvalue weighted by Crippen LogP contribution is 2.43. The average molecular weight is 499 g/mol. The van der Waals surface area contributed by atoms with Crippen LogP contribution in [0.3, 0.4) is 0 Å². The molecule has 1 saturated heterocycles. The standard InChI is InChI=1S/C31H38N4O2/c1-19-3-10-27-26(13-19)33-30(21-4-5-21)35(27)28-11-12-34(18-29(28)37-2)17-20-14-23-8-9-25(16-24(23)15-20)32-31(36)22-6-7-22/h3,8-10,13,16,20-22,28-29H,4-7,11-12,14-15,17-18H2,1-2H3,(H,32,36)/t20-,28-,29+/m1/s1. The van der Waals surface area contributed by atoms with Crippen LogP contribution in [0.4, 0.5) is 5.69 Å². The zero-order valence-electron chi connectivity index (χ0n) is 22.1. The molecule has 3 fully saturated rings. The molecule has 3 aliphatic carbocycles. The lowest BCUT2D eigenvalue weighted by molar-refractivity contribution is -0.117. The van der Waals surface area contributed by atoms with Crippen molar-refractivity contribution in [3.8, 4) is 0 Å². The summed E-state index contributed by atoms with van der Waals surface area (Å²) in [6.07, 6.45) is 8.07. The van der Waals surface area contributed by atoms with E-state index < -0.39 is 0 Å². The van der Waals surface area contributed by atoms with Crippen molar-refractivity contribution in [1.29, 1.82) is 0 Å². The van der Waals surface area contributed by atoms with Gasteiger partial charge in [0.1, 0.15) is 5.82 Å². The molecule has 0 unspecified atom stereocenters. The van der Waals surface area contributed by atoms with E-state index in [1.165, 1.54) is 40.9 Å². The number of benzene rings is 2. The van der Waals surface area contributed by atoms with Crippen LogP contribution < -0.4 is 5.32 Å². The van der Waals surface area contributed by atoms with Crippen molar-refractivity contribution in [3.63, 3.8) is 0 Å². The molecule has 194 valence electrons. The van der Waals surface area contributed by atoms with Crippen molar-refractivity contribution in [2.75, 3.05) is 32.1 Å². The van der Waals surface area contributed by atoms with Crippen molar-refractivity contribution in [1.82, 2.24) is 14.5 Å². The van der Waals surface area contributed by atoms with E-state index in [0.29, 0.717) is 17.9 Å². The first-order chi connectivity index (χ1) is 18.1. The number of hydrogen-bond donors (Lipinski definition) is 1. The molecule has 1 aromatic heterocycles. The maximum atomic E-state index is 12.2. The normalized spacial score (nSPS) is 25.9. The van der Waals surface area contributed by atoms with Crippen molar-refractivity contribution >= 4 is 22.6 Å². The van der Waals surface area contributed by atoms with Crippen molar-refractivity contribution in [3.05, 3.63) is 58.9 Å². The molecule has 4 aliphatic rings. The Morgan fingerprint density at radius 3 is 2.68 bits per heavy atom. The first-order valence-corrected chi connectivity index (χ1v) is 14.2. The number of amides is 1. The second kappa shape index (κ2) is 9.25. The number of rotatable bonds is 7.